The summed E-state index contributed by atoms with van der Waals surface area (Å²) in [5, 5.41) is 52.3. The molecule has 0 bridgehead atoms. The first kappa shape index (κ1) is 34.6. The Morgan fingerprint density at radius 3 is 2.23 bits per heavy atom. The third-order valence-electron chi connectivity index (χ3n) is 14.2. The summed E-state index contributed by atoms with van der Waals surface area (Å²) in [7, 11) is 0. The van der Waals surface area contributed by atoms with Gasteiger partial charge in [0, 0.05) is 5.41 Å². The van der Waals surface area contributed by atoms with Crippen molar-refractivity contribution in [3.63, 3.8) is 0 Å². The quantitative estimate of drug-likeness (QED) is 0.172. The van der Waals surface area contributed by atoms with E-state index in [1.54, 1.807) is 0 Å². The zero-order valence-corrected chi connectivity index (χ0v) is 28.5. The molecule has 254 valence electrons. The zero-order chi connectivity index (χ0) is 32.4. The van der Waals surface area contributed by atoms with Crippen molar-refractivity contribution in [3.8, 4) is 0 Å². The third kappa shape index (κ3) is 5.40. The topological polar surface area (TPSA) is 129 Å². The third-order valence-corrected chi connectivity index (χ3v) is 14.2. The van der Waals surface area contributed by atoms with Gasteiger partial charge in [-0.15, -0.1) is 0 Å². The summed E-state index contributed by atoms with van der Waals surface area (Å²) in [5.41, 5.74) is -0.155. The van der Waals surface area contributed by atoms with Gasteiger partial charge < -0.3 is 35.2 Å². The van der Waals surface area contributed by atoms with Gasteiger partial charge in [0.2, 0.25) is 6.29 Å². The van der Waals surface area contributed by atoms with Crippen LogP contribution in [0.15, 0.2) is 11.8 Å². The Hall–Kier alpha value is -0.740. The first-order valence-corrected chi connectivity index (χ1v) is 17.6. The van der Waals surface area contributed by atoms with E-state index in [-0.39, 0.29) is 27.8 Å². The summed E-state index contributed by atoms with van der Waals surface area (Å²) in [5.74, 6) is 3.67. The van der Waals surface area contributed by atoms with Gasteiger partial charge in [-0.3, -0.25) is 0 Å². The molecule has 14 atom stereocenters. The van der Waals surface area contributed by atoms with E-state index in [9.17, 15) is 25.5 Å². The van der Waals surface area contributed by atoms with E-state index in [0.717, 1.165) is 31.6 Å². The van der Waals surface area contributed by atoms with Gasteiger partial charge >= 0.3 is 0 Å². The minimum atomic E-state index is -1.52. The van der Waals surface area contributed by atoms with Crippen LogP contribution in [0.3, 0.4) is 0 Å². The maximum absolute atomic E-state index is 12.0. The molecule has 5 aliphatic rings. The van der Waals surface area contributed by atoms with Crippen LogP contribution in [0, 0.1) is 57.2 Å². The average Bonchev–Trinajstić information content (AvgIpc) is 3.33. The standard InChI is InChI=1S/C36H62O8/c1-20(2)10-9-11-21(3)22-12-16-36(8)28(22)23(38)18-26-34(6)15-14-27(33(4,5)25(34)13-17-35(26,36)7)43-44-32-31(41)30(40)29(39)24(19-37)42-32/h14,20-26,28-32,37-41H,9-13,15-19H2,1-8H3/t21-,22-,23-,24-,25-,26-,28-,29-,30+,31-,32+,34+,35-,36+/m1/s1. The number of fused-ring (bicyclic) bond motifs is 5. The number of ether oxygens (including phenoxy) is 1. The van der Waals surface area contributed by atoms with Gasteiger partial charge in [-0.2, -0.15) is 4.89 Å². The van der Waals surface area contributed by atoms with Crippen LogP contribution in [0.25, 0.3) is 0 Å². The lowest BCUT2D eigenvalue weighted by atomic mass is 9.36. The van der Waals surface area contributed by atoms with Crippen molar-refractivity contribution >= 4 is 0 Å². The molecule has 8 heteroatoms. The van der Waals surface area contributed by atoms with Crippen molar-refractivity contribution in [1.29, 1.82) is 0 Å². The molecule has 5 N–H and O–H groups in total. The molecule has 44 heavy (non-hydrogen) atoms. The van der Waals surface area contributed by atoms with Crippen molar-refractivity contribution < 1.29 is 40.0 Å². The number of aliphatic hydroxyl groups excluding tert-OH is 5. The van der Waals surface area contributed by atoms with Gasteiger partial charge in [0.05, 0.1) is 12.7 Å². The lowest BCUT2D eigenvalue weighted by molar-refractivity contribution is -0.416. The zero-order valence-electron chi connectivity index (χ0n) is 28.5. The number of aliphatic hydroxyl groups is 5. The van der Waals surface area contributed by atoms with Crippen LogP contribution in [-0.4, -0.2) is 68.9 Å². The predicted molar refractivity (Wildman–Crippen MR) is 168 cm³/mol. The Labute approximate surface area is 265 Å². The molecule has 1 heterocycles. The Kier molecular flexibility index (Phi) is 9.73. The second-order valence-corrected chi connectivity index (χ2v) is 17.2. The molecule has 0 amide bonds. The Bertz CT molecular complexity index is 1040. The fraction of sp³-hybridized carbons (Fsp3) is 0.944. The van der Waals surface area contributed by atoms with E-state index in [1.807, 2.05) is 0 Å². The highest BCUT2D eigenvalue weighted by atomic mass is 17.2. The smallest absolute Gasteiger partial charge is 0.232 e. The van der Waals surface area contributed by atoms with Gasteiger partial charge in [-0.05, 0) is 96.4 Å². The molecule has 0 aromatic heterocycles. The Morgan fingerprint density at radius 2 is 1.57 bits per heavy atom. The van der Waals surface area contributed by atoms with E-state index in [1.165, 1.54) is 32.1 Å². The summed E-state index contributed by atoms with van der Waals surface area (Å²) in [6, 6.07) is 0. The Morgan fingerprint density at radius 1 is 0.886 bits per heavy atom. The first-order chi connectivity index (χ1) is 20.5. The second kappa shape index (κ2) is 12.4. The van der Waals surface area contributed by atoms with Crippen LogP contribution >= 0.6 is 0 Å². The van der Waals surface area contributed by atoms with E-state index >= 15 is 0 Å². The van der Waals surface area contributed by atoms with Crippen molar-refractivity contribution in [2.45, 2.75) is 150 Å². The highest BCUT2D eigenvalue weighted by Gasteiger charge is 2.70. The van der Waals surface area contributed by atoms with E-state index in [2.05, 4.69) is 61.5 Å². The Balaban J connectivity index is 1.34. The van der Waals surface area contributed by atoms with Crippen LogP contribution in [0.2, 0.25) is 0 Å². The lowest BCUT2D eigenvalue weighted by Crippen LogP contribution is -2.64. The summed E-state index contributed by atoms with van der Waals surface area (Å²) in [6.07, 6.45) is 4.99. The molecule has 0 aromatic rings. The SMILES string of the molecule is CC(C)CCC[C@@H](C)[C@H]1CC[C@@]2(C)[C@H]1[C@H](O)C[C@@H]1[C@@]3(C)CC=C(OO[C@@H]4O[C@H](CO)[C@@H](O)[C@H](O)[C@H]4O)C(C)(C)[C@H]3CC[C@]12C. The highest BCUT2D eigenvalue weighted by molar-refractivity contribution is 5.24. The average molecular weight is 623 g/mol. The summed E-state index contributed by atoms with van der Waals surface area (Å²) < 4.78 is 5.51. The minimum absolute atomic E-state index is 0.0254. The highest BCUT2D eigenvalue weighted by Crippen LogP contribution is 2.75. The molecule has 1 saturated heterocycles. The molecule has 1 aliphatic heterocycles. The number of rotatable bonds is 9. The number of allylic oxidation sites excluding steroid dienone is 2. The molecule has 0 aromatic carbocycles. The normalized spacial score (nSPS) is 49.1. The van der Waals surface area contributed by atoms with Crippen LogP contribution in [-0.2, 0) is 14.5 Å². The minimum Gasteiger partial charge on any atom is -0.394 e. The van der Waals surface area contributed by atoms with Crippen molar-refractivity contribution in [3.05, 3.63) is 11.8 Å². The molecule has 8 nitrogen and oxygen atoms in total. The molecule has 3 saturated carbocycles. The lowest BCUT2D eigenvalue weighted by Gasteiger charge is -2.69. The van der Waals surface area contributed by atoms with Gasteiger partial charge in [0.1, 0.15) is 30.2 Å². The second-order valence-electron chi connectivity index (χ2n) is 17.2. The molecule has 4 aliphatic carbocycles. The molecule has 4 fully saturated rings. The van der Waals surface area contributed by atoms with Gasteiger partial charge in [0.25, 0.3) is 0 Å². The van der Waals surface area contributed by atoms with Crippen molar-refractivity contribution in [2.75, 3.05) is 6.61 Å². The van der Waals surface area contributed by atoms with Crippen LogP contribution in [0.1, 0.15) is 113 Å². The summed E-state index contributed by atoms with van der Waals surface area (Å²) >= 11 is 0. The van der Waals surface area contributed by atoms with E-state index in [0.29, 0.717) is 35.3 Å². The van der Waals surface area contributed by atoms with Gasteiger partial charge in [-0.1, -0.05) is 74.7 Å². The fourth-order valence-electron chi connectivity index (χ4n) is 11.5. The van der Waals surface area contributed by atoms with Gasteiger partial charge in [-0.25, -0.2) is 0 Å². The molecular weight excluding hydrogens is 560 g/mol. The van der Waals surface area contributed by atoms with Gasteiger partial charge in [0.15, 0.2) is 0 Å². The molecule has 5 rings (SSSR count). The summed E-state index contributed by atoms with van der Waals surface area (Å²) in [6.45, 7) is 18.4. The van der Waals surface area contributed by atoms with Crippen molar-refractivity contribution in [2.24, 2.45) is 57.2 Å². The van der Waals surface area contributed by atoms with Crippen LogP contribution < -0.4 is 0 Å². The van der Waals surface area contributed by atoms with E-state index < -0.39 is 37.3 Å². The van der Waals surface area contributed by atoms with Crippen LogP contribution in [0.4, 0.5) is 0 Å². The predicted octanol–water partition coefficient (Wildman–Crippen LogP) is 5.35. The fourth-order valence-corrected chi connectivity index (χ4v) is 11.5. The molecular formula is C36H62O8. The largest absolute Gasteiger partial charge is 0.394 e. The number of hydrogen-bond acceptors (Lipinski definition) is 8. The van der Waals surface area contributed by atoms with Crippen molar-refractivity contribution in [1.82, 2.24) is 0 Å². The van der Waals surface area contributed by atoms with Crippen LogP contribution in [0.5, 0.6) is 0 Å². The molecule has 0 radical (unpaired) electrons. The van der Waals surface area contributed by atoms with E-state index in [4.69, 9.17) is 14.5 Å². The maximum atomic E-state index is 12.0. The maximum Gasteiger partial charge on any atom is 0.232 e. The molecule has 0 spiro atoms. The number of hydrogen-bond donors (Lipinski definition) is 5. The molecule has 0 unspecified atom stereocenters. The first-order valence-electron chi connectivity index (χ1n) is 17.6. The summed E-state index contributed by atoms with van der Waals surface area (Å²) in [4.78, 5) is 11.5. The monoisotopic (exact) mass is 622 g/mol.